The van der Waals surface area contributed by atoms with Crippen molar-refractivity contribution in [1.82, 2.24) is 4.57 Å². The Morgan fingerprint density at radius 3 is 2.17 bits per heavy atom. The molecular weight excluding hydrogens is 485 g/mol. The number of rotatable bonds is 0. The van der Waals surface area contributed by atoms with Crippen molar-refractivity contribution in [1.29, 1.82) is 0 Å². The predicted octanol–water partition coefficient (Wildman–Crippen LogP) is 3.26. The van der Waals surface area contributed by atoms with E-state index in [1.165, 1.54) is 33.4 Å². The molecule has 4 atom stereocenters. The van der Waals surface area contributed by atoms with Crippen molar-refractivity contribution in [3.63, 3.8) is 0 Å². The number of nitrogens with zero attached hydrogens (tertiary/aromatic N) is 2. The van der Waals surface area contributed by atoms with E-state index in [4.69, 9.17) is 22.4 Å². The van der Waals surface area contributed by atoms with Crippen molar-refractivity contribution in [2.75, 3.05) is 0 Å². The highest BCUT2D eigenvalue weighted by Gasteiger charge is 2.56. The summed E-state index contributed by atoms with van der Waals surface area (Å²) in [5, 5.41) is 0. The Balaban J connectivity index is 0.000000251. The van der Waals surface area contributed by atoms with Crippen molar-refractivity contribution in [2.45, 2.75) is 56.5 Å². The molecule has 0 saturated heterocycles. The Bertz CT molecular complexity index is 1390. The van der Waals surface area contributed by atoms with Gasteiger partial charge in [0.1, 0.15) is 0 Å². The maximum Gasteiger partial charge on any atom is 0.485 e. The molecule has 3 heterocycles. The molecule has 1 aromatic heterocycles. The first-order valence-corrected chi connectivity index (χ1v) is 12.5. The van der Waals surface area contributed by atoms with Gasteiger partial charge in [0.25, 0.3) is 6.33 Å². The molecule has 0 saturated carbocycles. The summed E-state index contributed by atoms with van der Waals surface area (Å²) in [5.74, 6) is 1.84. The molecule has 11 heteroatoms. The Morgan fingerprint density at radius 1 is 0.971 bits per heavy atom. The van der Waals surface area contributed by atoms with Crippen LogP contribution in [0.25, 0.3) is 0 Å². The lowest BCUT2D eigenvalue weighted by molar-refractivity contribution is -0.697. The molecule has 0 amide bonds. The van der Waals surface area contributed by atoms with Gasteiger partial charge in [-0.1, -0.05) is 36.4 Å². The summed E-state index contributed by atoms with van der Waals surface area (Å²) >= 11 is 0. The number of hydrogen-bond donors (Lipinski definition) is 0. The highest BCUT2D eigenvalue weighted by Crippen LogP contribution is 2.51. The minimum Gasteiger partial charge on any atom is -0.741 e. The molecule has 2 aliphatic carbocycles. The minimum absolute atomic E-state index is 0.195. The number of alkyl halides is 3. The molecule has 184 valence electrons. The second kappa shape index (κ2) is 7.23. The lowest BCUT2D eigenvalue weighted by Crippen LogP contribution is -2.38. The van der Waals surface area contributed by atoms with Crippen molar-refractivity contribution < 1.29 is 40.2 Å². The first-order valence-electron chi connectivity index (χ1n) is 11.1. The number of imidazole rings is 1. The maximum atomic E-state index is 10.7. The Kier molecular flexibility index (Phi) is 4.63. The van der Waals surface area contributed by atoms with Gasteiger partial charge in [-0.2, -0.15) is 22.3 Å². The predicted molar refractivity (Wildman–Crippen MR) is 115 cm³/mol. The van der Waals surface area contributed by atoms with Gasteiger partial charge in [-0.25, -0.2) is 8.42 Å². The van der Waals surface area contributed by atoms with Crippen LogP contribution >= 0.6 is 0 Å². The van der Waals surface area contributed by atoms with Gasteiger partial charge in [-0.3, -0.25) is 0 Å². The number of benzene rings is 2. The average Bonchev–Trinajstić information content (AvgIpc) is 3.50. The van der Waals surface area contributed by atoms with Crippen molar-refractivity contribution >= 4 is 10.1 Å². The third-order valence-electron chi connectivity index (χ3n) is 7.28. The van der Waals surface area contributed by atoms with E-state index in [1.807, 2.05) is 0 Å². The van der Waals surface area contributed by atoms with Crippen LogP contribution in [0.15, 0.2) is 42.7 Å². The zero-order valence-corrected chi connectivity index (χ0v) is 19.6. The third-order valence-corrected chi connectivity index (χ3v) is 7.84. The molecule has 0 bridgehead atoms. The molecular formula is C24H21F3N2O5S. The highest BCUT2D eigenvalue weighted by molar-refractivity contribution is 7.86. The van der Waals surface area contributed by atoms with Gasteiger partial charge < -0.3 is 14.0 Å². The largest absolute Gasteiger partial charge is 0.741 e. The van der Waals surface area contributed by atoms with Gasteiger partial charge in [0.2, 0.25) is 0 Å². The van der Waals surface area contributed by atoms with E-state index in [-0.39, 0.29) is 24.3 Å². The van der Waals surface area contributed by atoms with Crippen molar-refractivity contribution in [2.24, 2.45) is 0 Å². The van der Waals surface area contributed by atoms with Crippen LogP contribution in [-0.2, 0) is 23.0 Å². The SMILES string of the molecule is Cc1cccc2c1[C@@H]1[C@H](C2)Oc2c3[n+](cn21)[C@@H]1c2c(C)cccc2C[C@@H]1O3.O=S(=O)([O-])C(F)(F)F. The summed E-state index contributed by atoms with van der Waals surface area (Å²) in [5.41, 5.74) is 2.80. The molecule has 2 aromatic carbocycles. The van der Waals surface area contributed by atoms with Gasteiger partial charge in [0.05, 0.1) is 0 Å². The molecule has 7 rings (SSSR count). The van der Waals surface area contributed by atoms with Crippen LogP contribution in [0.5, 0.6) is 11.8 Å². The lowest BCUT2D eigenvalue weighted by atomic mass is 10.0. The van der Waals surface area contributed by atoms with E-state index in [9.17, 15) is 13.2 Å². The number of halogens is 3. The van der Waals surface area contributed by atoms with Gasteiger partial charge in [-0.15, -0.1) is 0 Å². The van der Waals surface area contributed by atoms with Crippen LogP contribution in [0.3, 0.4) is 0 Å². The Labute approximate surface area is 199 Å². The van der Waals surface area contributed by atoms with E-state index < -0.39 is 15.6 Å². The monoisotopic (exact) mass is 506 g/mol. The number of aryl methyl sites for hydroxylation is 2. The van der Waals surface area contributed by atoms with Crippen LogP contribution in [0, 0.1) is 13.8 Å². The second-order valence-electron chi connectivity index (χ2n) is 9.35. The number of aromatic nitrogens is 2. The molecule has 35 heavy (non-hydrogen) atoms. The van der Waals surface area contributed by atoms with E-state index in [2.05, 4.69) is 65.7 Å². The first kappa shape index (κ1) is 22.4. The fourth-order valence-corrected chi connectivity index (χ4v) is 5.93. The third kappa shape index (κ3) is 3.21. The molecule has 0 N–H and O–H groups in total. The minimum atomic E-state index is -6.09. The molecule has 7 nitrogen and oxygen atoms in total. The molecule has 0 radical (unpaired) electrons. The number of fused-ring (bicyclic) bond motifs is 11. The van der Waals surface area contributed by atoms with E-state index >= 15 is 0 Å². The van der Waals surface area contributed by atoms with Gasteiger partial charge in [0.15, 0.2) is 34.4 Å². The fourth-order valence-electron chi connectivity index (χ4n) is 5.93. The van der Waals surface area contributed by atoms with Crippen LogP contribution in [0.1, 0.15) is 45.5 Å². The quantitative estimate of drug-likeness (QED) is 0.266. The molecule has 3 aromatic rings. The smallest absolute Gasteiger partial charge is 0.485 e. The van der Waals surface area contributed by atoms with Gasteiger partial charge in [-0.05, 0) is 36.1 Å². The summed E-state index contributed by atoms with van der Waals surface area (Å²) in [4.78, 5) is 0. The van der Waals surface area contributed by atoms with Crippen molar-refractivity contribution in [3.8, 4) is 11.8 Å². The molecule has 4 aliphatic rings. The lowest BCUT2D eigenvalue weighted by Gasteiger charge is -2.11. The molecule has 0 spiro atoms. The van der Waals surface area contributed by atoms with Crippen molar-refractivity contribution in [3.05, 3.63) is 76.1 Å². The first-order chi connectivity index (χ1) is 16.5. The summed E-state index contributed by atoms with van der Waals surface area (Å²) < 4.78 is 76.5. The topological polar surface area (TPSA) is 84.5 Å². The molecule has 0 unspecified atom stereocenters. The highest BCUT2D eigenvalue weighted by atomic mass is 32.2. The second-order valence-corrected chi connectivity index (χ2v) is 10.7. The average molecular weight is 507 g/mol. The number of ether oxygens (including phenoxy) is 2. The van der Waals surface area contributed by atoms with E-state index in [1.54, 1.807) is 0 Å². The summed E-state index contributed by atoms with van der Waals surface area (Å²) in [6, 6.07) is 13.8. The fraction of sp³-hybridized carbons (Fsp3) is 0.375. The van der Waals surface area contributed by atoms with Gasteiger partial charge in [0, 0.05) is 24.0 Å². The van der Waals surface area contributed by atoms with Crippen LogP contribution < -0.4 is 14.0 Å². The normalized spacial score (nSPS) is 24.7. The van der Waals surface area contributed by atoms with E-state index in [0.29, 0.717) is 0 Å². The van der Waals surface area contributed by atoms with E-state index in [0.717, 1.165) is 24.6 Å². The summed E-state index contributed by atoms with van der Waals surface area (Å²) in [6.45, 7) is 4.43. The number of hydrogen-bond acceptors (Lipinski definition) is 5. The Morgan fingerprint density at radius 2 is 1.54 bits per heavy atom. The zero-order valence-electron chi connectivity index (χ0n) is 18.7. The van der Waals surface area contributed by atoms with Gasteiger partial charge >= 0.3 is 17.3 Å². The summed E-state index contributed by atoms with van der Waals surface area (Å²) in [6.07, 6.45) is 4.61. The standard InChI is InChI=1S/C23H21N2O2.CHF3O3S/c1-12-5-3-7-14-9-16-20(18(12)14)24-11-25-21-17(27-23(25)22(24)26-16)10-15-8-4-6-13(2)19(15)21;2-1(3,4)8(5,6)7/h3-8,11,16-17,20-21H,9-10H2,1-2H3;(H,5,6,7)/q+1;/p-1/t16-,17-,20-,21-;/m0./s1. The Hall–Kier alpha value is -3.05. The molecule has 0 fully saturated rings. The zero-order chi connectivity index (χ0) is 24.9. The maximum absolute atomic E-state index is 10.7. The van der Waals surface area contributed by atoms with Crippen LogP contribution in [-0.4, -0.2) is 35.3 Å². The summed E-state index contributed by atoms with van der Waals surface area (Å²) in [7, 11) is -6.09. The van der Waals surface area contributed by atoms with Crippen LogP contribution in [0.4, 0.5) is 13.2 Å². The molecule has 2 aliphatic heterocycles. The van der Waals surface area contributed by atoms with Crippen LogP contribution in [0.2, 0.25) is 0 Å².